The Labute approximate surface area is 108 Å². The van der Waals surface area contributed by atoms with Crippen molar-refractivity contribution in [2.45, 2.75) is 4.90 Å². The average Bonchev–Trinajstić information content (AvgIpc) is 2.31. The van der Waals surface area contributed by atoms with E-state index < -0.39 is 9.84 Å². The highest BCUT2D eigenvalue weighted by Gasteiger charge is 2.17. The van der Waals surface area contributed by atoms with E-state index in [-0.39, 0.29) is 0 Å². The van der Waals surface area contributed by atoms with Crippen molar-refractivity contribution < 1.29 is 8.42 Å². The Morgan fingerprint density at radius 1 is 1.11 bits per heavy atom. The molecule has 1 aromatic rings. The van der Waals surface area contributed by atoms with Crippen LogP contribution in [0, 0.1) is 0 Å². The molecule has 0 radical (unpaired) electrons. The first kappa shape index (κ1) is 13.3. The number of nitrogens with one attached hydrogen (secondary N) is 1. The fraction of sp³-hybridized carbons (Fsp3) is 0.500. The van der Waals surface area contributed by atoms with Crippen LogP contribution in [-0.2, 0) is 9.84 Å². The lowest BCUT2D eigenvalue weighted by molar-refractivity contribution is 0.178. The van der Waals surface area contributed by atoms with Crippen molar-refractivity contribution in [3.05, 3.63) is 24.3 Å². The predicted molar refractivity (Wildman–Crippen MR) is 72.2 cm³/mol. The van der Waals surface area contributed by atoms with Gasteiger partial charge in [0.15, 0.2) is 9.84 Å². The Balaban J connectivity index is 2.15. The van der Waals surface area contributed by atoms with Crippen molar-refractivity contribution in [3.8, 4) is 0 Å². The summed E-state index contributed by atoms with van der Waals surface area (Å²) in [5.74, 6) is 0. The molecule has 0 amide bonds. The van der Waals surface area contributed by atoms with Crippen LogP contribution in [0.25, 0.3) is 0 Å². The number of hydrazine groups is 1. The van der Waals surface area contributed by atoms with Gasteiger partial charge in [0, 0.05) is 32.4 Å². The number of benzene rings is 1. The largest absolute Gasteiger partial charge is 0.317 e. The second kappa shape index (κ2) is 5.26. The molecule has 0 saturated carbocycles. The maximum absolute atomic E-state index is 11.7. The van der Waals surface area contributed by atoms with Gasteiger partial charge < -0.3 is 10.3 Å². The lowest BCUT2D eigenvalue weighted by Crippen LogP contribution is -2.47. The molecule has 1 fully saturated rings. The number of hydrogen-bond acceptors (Lipinski definition) is 5. The molecule has 1 N–H and O–H groups in total. The van der Waals surface area contributed by atoms with Crippen LogP contribution in [0.15, 0.2) is 29.2 Å². The monoisotopic (exact) mass is 269 g/mol. The smallest absolute Gasteiger partial charge is 0.177 e. The Bertz CT molecular complexity index is 508. The Morgan fingerprint density at radius 3 is 2.33 bits per heavy atom. The molecular weight excluding hydrogens is 250 g/mol. The third kappa shape index (κ3) is 3.22. The van der Waals surface area contributed by atoms with Gasteiger partial charge in [-0.05, 0) is 19.2 Å². The van der Waals surface area contributed by atoms with Crippen LogP contribution in [0.2, 0.25) is 0 Å². The van der Waals surface area contributed by atoms with Gasteiger partial charge in [0.1, 0.15) is 0 Å². The first-order valence-electron chi connectivity index (χ1n) is 5.96. The molecule has 0 spiro atoms. The van der Waals surface area contributed by atoms with Crippen LogP contribution in [-0.4, -0.2) is 57.8 Å². The summed E-state index contributed by atoms with van der Waals surface area (Å²) in [7, 11) is -1.11. The summed E-state index contributed by atoms with van der Waals surface area (Å²) in [5, 5.41) is 2.06. The second-order valence-corrected chi connectivity index (χ2v) is 6.65. The maximum Gasteiger partial charge on any atom is 0.177 e. The number of sulfone groups is 1. The molecule has 18 heavy (non-hydrogen) atoms. The molecule has 1 aliphatic heterocycles. The van der Waals surface area contributed by atoms with E-state index in [4.69, 9.17) is 0 Å². The summed E-state index contributed by atoms with van der Waals surface area (Å²) in [6, 6.07) is 7.01. The molecule has 1 aromatic carbocycles. The summed E-state index contributed by atoms with van der Waals surface area (Å²) in [5.41, 5.74) is 3.86. The summed E-state index contributed by atoms with van der Waals surface area (Å²) >= 11 is 0. The topological polar surface area (TPSA) is 52.6 Å². The molecule has 1 saturated heterocycles. The van der Waals surface area contributed by atoms with Crippen LogP contribution >= 0.6 is 0 Å². The second-order valence-electron chi connectivity index (χ2n) is 4.67. The van der Waals surface area contributed by atoms with E-state index in [9.17, 15) is 8.42 Å². The minimum absolute atomic E-state index is 0.351. The van der Waals surface area contributed by atoms with Gasteiger partial charge in [-0.3, -0.25) is 0 Å². The van der Waals surface area contributed by atoms with Gasteiger partial charge in [0.2, 0.25) is 0 Å². The first-order chi connectivity index (χ1) is 8.47. The van der Waals surface area contributed by atoms with Crippen molar-refractivity contribution in [1.82, 2.24) is 9.91 Å². The minimum atomic E-state index is -3.19. The summed E-state index contributed by atoms with van der Waals surface area (Å²) in [6.45, 7) is 3.73. The maximum atomic E-state index is 11.7. The number of likely N-dealkylation sites (N-methyl/N-ethyl adjacent to an activating group) is 1. The number of rotatable bonds is 3. The molecule has 0 unspecified atom stereocenters. The zero-order chi connectivity index (χ0) is 13.2. The quantitative estimate of drug-likeness (QED) is 0.874. The number of nitrogens with zero attached hydrogens (tertiary/aromatic N) is 2. The third-order valence-electron chi connectivity index (χ3n) is 3.07. The van der Waals surface area contributed by atoms with E-state index >= 15 is 0 Å². The molecule has 0 aliphatic carbocycles. The van der Waals surface area contributed by atoms with Gasteiger partial charge >= 0.3 is 0 Å². The highest BCUT2D eigenvalue weighted by Crippen LogP contribution is 2.21. The molecule has 1 aliphatic rings. The third-order valence-corrected chi connectivity index (χ3v) is 4.22. The SMILES string of the molecule is CN1CCN(Nc2ccccc2S(C)(=O)=O)CC1. The van der Waals surface area contributed by atoms with Crippen LogP contribution < -0.4 is 5.43 Å². The van der Waals surface area contributed by atoms with Crippen molar-refractivity contribution in [2.24, 2.45) is 0 Å². The van der Waals surface area contributed by atoms with E-state index in [2.05, 4.69) is 22.4 Å². The number of para-hydroxylation sites is 1. The van der Waals surface area contributed by atoms with E-state index in [1.54, 1.807) is 18.2 Å². The average molecular weight is 269 g/mol. The van der Waals surface area contributed by atoms with Crippen LogP contribution in [0.4, 0.5) is 5.69 Å². The molecule has 0 bridgehead atoms. The summed E-state index contributed by atoms with van der Waals surface area (Å²) in [6.07, 6.45) is 1.23. The normalized spacial score (nSPS) is 18.8. The summed E-state index contributed by atoms with van der Waals surface area (Å²) < 4.78 is 23.4. The number of hydrogen-bond donors (Lipinski definition) is 1. The van der Waals surface area contributed by atoms with Crippen molar-refractivity contribution in [1.29, 1.82) is 0 Å². The van der Waals surface area contributed by atoms with E-state index in [0.29, 0.717) is 10.6 Å². The van der Waals surface area contributed by atoms with Gasteiger partial charge in [-0.2, -0.15) is 0 Å². The van der Waals surface area contributed by atoms with Gasteiger partial charge in [0.05, 0.1) is 10.6 Å². The fourth-order valence-corrected chi connectivity index (χ4v) is 2.81. The Kier molecular flexibility index (Phi) is 3.89. The standard InChI is InChI=1S/C12H19N3O2S/c1-14-7-9-15(10-8-14)13-11-5-3-4-6-12(11)18(2,16)17/h3-6,13H,7-10H2,1-2H3. The predicted octanol–water partition coefficient (Wildman–Crippen LogP) is 0.664. The van der Waals surface area contributed by atoms with E-state index in [1.165, 1.54) is 6.26 Å². The van der Waals surface area contributed by atoms with Gasteiger partial charge in [-0.15, -0.1) is 0 Å². The molecule has 5 nitrogen and oxygen atoms in total. The van der Waals surface area contributed by atoms with Crippen LogP contribution in [0.1, 0.15) is 0 Å². The summed E-state index contributed by atoms with van der Waals surface area (Å²) in [4.78, 5) is 2.60. The Morgan fingerprint density at radius 2 is 1.72 bits per heavy atom. The Hall–Kier alpha value is -1.11. The van der Waals surface area contributed by atoms with Gasteiger partial charge in [-0.25, -0.2) is 13.4 Å². The highest BCUT2D eigenvalue weighted by molar-refractivity contribution is 7.90. The molecule has 100 valence electrons. The lowest BCUT2D eigenvalue weighted by atomic mass is 10.3. The minimum Gasteiger partial charge on any atom is -0.317 e. The van der Waals surface area contributed by atoms with Crippen LogP contribution in [0.3, 0.4) is 0 Å². The fourth-order valence-electron chi connectivity index (χ4n) is 1.97. The molecule has 1 heterocycles. The molecule has 6 heteroatoms. The van der Waals surface area contributed by atoms with Crippen molar-refractivity contribution >= 4 is 15.5 Å². The van der Waals surface area contributed by atoms with Gasteiger partial charge in [-0.1, -0.05) is 12.1 Å². The highest BCUT2D eigenvalue weighted by atomic mass is 32.2. The molecule has 2 rings (SSSR count). The van der Waals surface area contributed by atoms with E-state index in [1.807, 2.05) is 6.07 Å². The number of anilines is 1. The molecular formula is C12H19N3O2S. The van der Waals surface area contributed by atoms with Gasteiger partial charge in [0.25, 0.3) is 0 Å². The molecule has 0 atom stereocenters. The lowest BCUT2D eigenvalue weighted by Gasteiger charge is -2.33. The van der Waals surface area contributed by atoms with E-state index in [0.717, 1.165) is 26.2 Å². The van der Waals surface area contributed by atoms with Crippen molar-refractivity contribution in [3.63, 3.8) is 0 Å². The molecule has 0 aromatic heterocycles. The zero-order valence-corrected chi connectivity index (χ0v) is 11.6. The zero-order valence-electron chi connectivity index (χ0n) is 10.8. The van der Waals surface area contributed by atoms with Crippen LogP contribution in [0.5, 0.6) is 0 Å². The van der Waals surface area contributed by atoms with Crippen molar-refractivity contribution in [2.75, 3.05) is 44.9 Å². The first-order valence-corrected chi connectivity index (χ1v) is 7.85. The number of piperazine rings is 1.